The summed E-state index contributed by atoms with van der Waals surface area (Å²) < 4.78 is 6.51. The monoisotopic (exact) mass is 313 g/mol. The van der Waals surface area contributed by atoms with Gasteiger partial charge in [0.25, 0.3) is 0 Å². The van der Waals surface area contributed by atoms with Crippen molar-refractivity contribution in [2.75, 3.05) is 12.3 Å². The first-order valence-electron chi connectivity index (χ1n) is 5.92. The molecule has 7 heteroatoms. The molecule has 0 fully saturated rings. The van der Waals surface area contributed by atoms with E-state index in [-0.39, 0.29) is 18.1 Å². The third-order valence-electron chi connectivity index (χ3n) is 2.66. The Balaban J connectivity index is 2.55. The van der Waals surface area contributed by atoms with E-state index in [1.165, 1.54) is 0 Å². The van der Waals surface area contributed by atoms with Crippen LogP contribution >= 0.6 is 23.2 Å². The van der Waals surface area contributed by atoms with E-state index in [4.69, 9.17) is 33.7 Å². The van der Waals surface area contributed by atoms with Gasteiger partial charge in [0, 0.05) is 10.0 Å². The third kappa shape index (κ3) is 2.73. The predicted octanol–water partition coefficient (Wildman–Crippen LogP) is 3.25. The highest BCUT2D eigenvalue weighted by Crippen LogP contribution is 2.26. The second-order valence-electron chi connectivity index (χ2n) is 4.08. The molecular formula is C13H13Cl2N3O2. The van der Waals surface area contributed by atoms with E-state index >= 15 is 0 Å². The Morgan fingerprint density at radius 3 is 2.50 bits per heavy atom. The molecule has 2 rings (SSSR count). The topological polar surface area (TPSA) is 70.1 Å². The maximum atomic E-state index is 11.8. The highest BCUT2D eigenvalue weighted by atomic mass is 35.5. The van der Waals surface area contributed by atoms with Gasteiger partial charge in [0.05, 0.1) is 12.3 Å². The van der Waals surface area contributed by atoms with Crippen LogP contribution in [-0.4, -0.2) is 22.1 Å². The molecule has 1 aromatic heterocycles. The highest BCUT2D eigenvalue weighted by Gasteiger charge is 2.20. The lowest BCUT2D eigenvalue weighted by molar-refractivity contribution is 0.0521. The Labute approximate surface area is 126 Å². The molecule has 0 aliphatic rings. The second-order valence-corrected chi connectivity index (χ2v) is 4.95. The zero-order chi connectivity index (χ0) is 14.9. The van der Waals surface area contributed by atoms with Crippen molar-refractivity contribution in [1.82, 2.24) is 9.55 Å². The molecule has 5 nitrogen and oxygen atoms in total. The number of anilines is 1. The highest BCUT2D eigenvalue weighted by molar-refractivity contribution is 6.34. The molecule has 1 heterocycles. The number of nitrogen functional groups attached to an aromatic ring is 1. The molecule has 0 bridgehead atoms. The number of carbonyl (C=O) groups is 1. The Hall–Kier alpha value is -1.72. The number of benzene rings is 1. The number of hydrogen-bond acceptors (Lipinski definition) is 4. The second kappa shape index (κ2) is 5.73. The SMILES string of the molecule is CCOC(=O)c1nc(C)n(-c2cc(Cl)cc(Cl)c2)c1N. The summed E-state index contributed by atoms with van der Waals surface area (Å²) >= 11 is 11.9. The van der Waals surface area contributed by atoms with Gasteiger partial charge >= 0.3 is 5.97 Å². The van der Waals surface area contributed by atoms with E-state index in [1.807, 2.05) is 0 Å². The van der Waals surface area contributed by atoms with Crippen LogP contribution in [0.3, 0.4) is 0 Å². The Morgan fingerprint density at radius 1 is 1.35 bits per heavy atom. The lowest BCUT2D eigenvalue weighted by Gasteiger charge is -2.09. The molecule has 106 valence electrons. The van der Waals surface area contributed by atoms with E-state index in [2.05, 4.69) is 4.98 Å². The number of nitrogens with two attached hydrogens (primary N) is 1. The van der Waals surface area contributed by atoms with E-state index in [0.717, 1.165) is 0 Å². The van der Waals surface area contributed by atoms with Gasteiger partial charge in [0.15, 0.2) is 5.69 Å². The average Bonchev–Trinajstić information content (AvgIpc) is 2.64. The number of nitrogens with zero attached hydrogens (tertiary/aromatic N) is 2. The first-order valence-corrected chi connectivity index (χ1v) is 6.68. The first kappa shape index (κ1) is 14.7. The van der Waals surface area contributed by atoms with Crippen LogP contribution in [0.2, 0.25) is 10.0 Å². The Bertz CT molecular complexity index is 648. The van der Waals surface area contributed by atoms with Gasteiger partial charge in [0.2, 0.25) is 0 Å². The first-order chi connectivity index (χ1) is 9.43. The number of ether oxygens (including phenoxy) is 1. The number of aryl methyl sites for hydroxylation is 1. The van der Waals surface area contributed by atoms with Crippen LogP contribution in [0.4, 0.5) is 5.82 Å². The van der Waals surface area contributed by atoms with Gasteiger partial charge in [-0.3, -0.25) is 4.57 Å². The molecule has 0 unspecified atom stereocenters. The van der Waals surface area contributed by atoms with Crippen molar-refractivity contribution in [1.29, 1.82) is 0 Å². The van der Waals surface area contributed by atoms with Crippen LogP contribution in [0.5, 0.6) is 0 Å². The molecule has 0 saturated carbocycles. The minimum absolute atomic E-state index is 0.0837. The molecule has 0 amide bonds. The van der Waals surface area contributed by atoms with E-state index in [0.29, 0.717) is 21.6 Å². The van der Waals surface area contributed by atoms with Crippen molar-refractivity contribution in [2.45, 2.75) is 13.8 Å². The molecule has 0 aliphatic carbocycles. The minimum Gasteiger partial charge on any atom is -0.461 e. The molecule has 20 heavy (non-hydrogen) atoms. The summed E-state index contributed by atoms with van der Waals surface area (Å²) in [6.45, 7) is 3.70. The summed E-state index contributed by atoms with van der Waals surface area (Å²) in [5.41, 5.74) is 6.70. The van der Waals surface area contributed by atoms with Crippen LogP contribution in [-0.2, 0) is 4.74 Å². The van der Waals surface area contributed by atoms with E-state index < -0.39 is 5.97 Å². The number of hydrogen-bond donors (Lipinski definition) is 1. The summed E-state index contributed by atoms with van der Waals surface area (Å²) in [7, 11) is 0. The maximum Gasteiger partial charge on any atom is 0.360 e. The largest absolute Gasteiger partial charge is 0.461 e. The van der Waals surface area contributed by atoms with Gasteiger partial charge in [-0.1, -0.05) is 23.2 Å². The average molecular weight is 314 g/mol. The van der Waals surface area contributed by atoms with Gasteiger partial charge in [-0.2, -0.15) is 0 Å². The molecule has 0 saturated heterocycles. The van der Waals surface area contributed by atoms with Crippen LogP contribution < -0.4 is 5.73 Å². The van der Waals surface area contributed by atoms with Crippen molar-refractivity contribution < 1.29 is 9.53 Å². The lowest BCUT2D eigenvalue weighted by atomic mass is 10.3. The van der Waals surface area contributed by atoms with Crippen LogP contribution in [0.1, 0.15) is 23.2 Å². The van der Waals surface area contributed by atoms with Crippen molar-refractivity contribution in [2.24, 2.45) is 0 Å². The fourth-order valence-electron chi connectivity index (χ4n) is 1.89. The molecule has 1 aromatic carbocycles. The summed E-state index contributed by atoms with van der Waals surface area (Å²) in [5.74, 6) is 0.183. The van der Waals surface area contributed by atoms with Crippen LogP contribution in [0, 0.1) is 6.92 Å². The zero-order valence-corrected chi connectivity index (χ0v) is 12.5. The normalized spacial score (nSPS) is 10.6. The summed E-state index contributed by atoms with van der Waals surface area (Å²) in [4.78, 5) is 15.9. The molecule has 0 radical (unpaired) electrons. The third-order valence-corrected chi connectivity index (χ3v) is 3.09. The number of aromatic nitrogens is 2. The smallest absolute Gasteiger partial charge is 0.360 e. The lowest BCUT2D eigenvalue weighted by Crippen LogP contribution is -2.09. The molecule has 0 spiro atoms. The van der Waals surface area contributed by atoms with Crippen molar-refractivity contribution >= 4 is 35.0 Å². The molecule has 0 atom stereocenters. The Morgan fingerprint density at radius 2 is 1.95 bits per heavy atom. The van der Waals surface area contributed by atoms with Crippen molar-refractivity contribution in [3.05, 3.63) is 39.8 Å². The molecule has 2 aromatic rings. The van der Waals surface area contributed by atoms with Gasteiger partial charge in [-0.25, -0.2) is 9.78 Å². The van der Waals surface area contributed by atoms with Crippen LogP contribution in [0.25, 0.3) is 5.69 Å². The van der Waals surface area contributed by atoms with E-state index in [1.54, 1.807) is 36.6 Å². The van der Waals surface area contributed by atoms with Crippen LogP contribution in [0.15, 0.2) is 18.2 Å². The number of esters is 1. The van der Waals surface area contributed by atoms with Gasteiger partial charge in [0.1, 0.15) is 11.6 Å². The molecular weight excluding hydrogens is 301 g/mol. The summed E-state index contributed by atoms with van der Waals surface area (Å²) in [6.07, 6.45) is 0. The molecule has 2 N–H and O–H groups in total. The number of imidazole rings is 1. The quantitative estimate of drug-likeness (QED) is 0.883. The van der Waals surface area contributed by atoms with E-state index in [9.17, 15) is 4.79 Å². The van der Waals surface area contributed by atoms with Gasteiger partial charge < -0.3 is 10.5 Å². The summed E-state index contributed by atoms with van der Waals surface area (Å²) in [5, 5.41) is 0.940. The van der Waals surface area contributed by atoms with Crippen molar-refractivity contribution in [3.63, 3.8) is 0 Å². The standard InChI is InChI=1S/C13H13Cl2N3O2/c1-3-20-13(19)11-12(16)18(7(2)17-11)10-5-8(14)4-9(15)6-10/h4-6H,3,16H2,1-2H3. The Kier molecular flexibility index (Phi) is 4.20. The minimum atomic E-state index is -0.556. The number of carbonyl (C=O) groups excluding carboxylic acids is 1. The zero-order valence-electron chi connectivity index (χ0n) is 11.0. The van der Waals surface area contributed by atoms with Gasteiger partial charge in [-0.05, 0) is 32.0 Å². The fourth-order valence-corrected chi connectivity index (χ4v) is 2.41. The number of rotatable bonds is 3. The summed E-state index contributed by atoms with van der Waals surface area (Å²) in [6, 6.07) is 4.99. The fraction of sp³-hybridized carbons (Fsp3) is 0.231. The maximum absolute atomic E-state index is 11.8. The number of halogens is 2. The van der Waals surface area contributed by atoms with Gasteiger partial charge in [-0.15, -0.1) is 0 Å². The predicted molar refractivity (Wildman–Crippen MR) is 78.7 cm³/mol. The molecule has 0 aliphatic heterocycles. The van der Waals surface area contributed by atoms with Crippen molar-refractivity contribution in [3.8, 4) is 5.69 Å².